The van der Waals surface area contributed by atoms with Crippen LogP contribution in [0.5, 0.6) is 0 Å². The minimum atomic E-state index is 0.112. The standard InChI is InChI=1S/C15H18ClNO/c1-9-5-6-12(16)8-13(9)15(17-4)14-7-10(2)18-11(14)3/h5-8,15,17H,1-4H3. The Hall–Kier alpha value is -1.25. The van der Waals surface area contributed by atoms with Crippen LogP contribution in [0.15, 0.2) is 28.7 Å². The van der Waals surface area contributed by atoms with Gasteiger partial charge in [0, 0.05) is 10.6 Å². The van der Waals surface area contributed by atoms with Crippen LogP contribution < -0.4 is 5.32 Å². The van der Waals surface area contributed by atoms with Gasteiger partial charge in [-0.3, -0.25) is 0 Å². The third-order valence-corrected chi connectivity index (χ3v) is 3.47. The van der Waals surface area contributed by atoms with Crippen molar-refractivity contribution in [2.45, 2.75) is 26.8 Å². The molecule has 0 saturated heterocycles. The summed E-state index contributed by atoms with van der Waals surface area (Å²) in [4.78, 5) is 0. The first-order valence-electron chi connectivity index (χ1n) is 6.03. The summed E-state index contributed by atoms with van der Waals surface area (Å²) in [5.74, 6) is 1.88. The van der Waals surface area contributed by atoms with E-state index < -0.39 is 0 Å². The Balaban J connectivity index is 2.51. The van der Waals surface area contributed by atoms with Crippen LogP contribution in [0.1, 0.15) is 34.3 Å². The van der Waals surface area contributed by atoms with Gasteiger partial charge in [-0.2, -0.15) is 0 Å². The maximum absolute atomic E-state index is 6.10. The van der Waals surface area contributed by atoms with Crippen molar-refractivity contribution in [3.05, 3.63) is 57.5 Å². The molecule has 18 heavy (non-hydrogen) atoms. The molecule has 96 valence electrons. The number of furan rings is 1. The average Bonchev–Trinajstić information content (AvgIpc) is 2.64. The van der Waals surface area contributed by atoms with Crippen molar-refractivity contribution in [2.75, 3.05) is 7.05 Å². The number of nitrogens with one attached hydrogen (secondary N) is 1. The van der Waals surface area contributed by atoms with Crippen molar-refractivity contribution in [2.24, 2.45) is 0 Å². The predicted octanol–water partition coefficient (Wildman–Crippen LogP) is 4.17. The maximum atomic E-state index is 6.10. The van der Waals surface area contributed by atoms with Crippen LogP contribution >= 0.6 is 11.6 Å². The number of hydrogen-bond donors (Lipinski definition) is 1. The van der Waals surface area contributed by atoms with Gasteiger partial charge in [-0.05, 0) is 57.1 Å². The highest BCUT2D eigenvalue weighted by Gasteiger charge is 2.19. The summed E-state index contributed by atoms with van der Waals surface area (Å²) in [7, 11) is 1.95. The predicted molar refractivity (Wildman–Crippen MR) is 75.3 cm³/mol. The summed E-state index contributed by atoms with van der Waals surface area (Å²) >= 11 is 6.10. The normalized spacial score (nSPS) is 12.7. The molecule has 0 fully saturated rings. The van der Waals surface area contributed by atoms with Crippen LogP contribution in [0, 0.1) is 20.8 Å². The first-order valence-corrected chi connectivity index (χ1v) is 6.41. The molecule has 1 N–H and O–H groups in total. The molecule has 1 aromatic carbocycles. The molecule has 1 heterocycles. The van der Waals surface area contributed by atoms with Crippen molar-refractivity contribution in [3.8, 4) is 0 Å². The van der Waals surface area contributed by atoms with Crippen LogP contribution in [0.4, 0.5) is 0 Å². The van der Waals surface area contributed by atoms with Gasteiger partial charge < -0.3 is 9.73 Å². The number of halogens is 1. The highest BCUT2D eigenvalue weighted by Crippen LogP contribution is 2.30. The molecule has 3 heteroatoms. The van der Waals surface area contributed by atoms with E-state index in [-0.39, 0.29) is 6.04 Å². The van der Waals surface area contributed by atoms with E-state index in [1.807, 2.05) is 39.1 Å². The summed E-state index contributed by atoms with van der Waals surface area (Å²) in [6.45, 7) is 6.05. The maximum Gasteiger partial charge on any atom is 0.106 e. The summed E-state index contributed by atoms with van der Waals surface area (Å²) in [6, 6.07) is 8.17. The molecule has 0 saturated carbocycles. The van der Waals surface area contributed by atoms with Crippen LogP contribution in [0.2, 0.25) is 5.02 Å². The fraction of sp³-hybridized carbons (Fsp3) is 0.333. The van der Waals surface area contributed by atoms with E-state index in [0.717, 1.165) is 16.5 Å². The third-order valence-electron chi connectivity index (χ3n) is 3.23. The second-order valence-electron chi connectivity index (χ2n) is 4.59. The van der Waals surface area contributed by atoms with Gasteiger partial charge >= 0.3 is 0 Å². The summed E-state index contributed by atoms with van der Waals surface area (Å²) in [6.07, 6.45) is 0. The molecule has 0 aliphatic carbocycles. The van der Waals surface area contributed by atoms with E-state index in [9.17, 15) is 0 Å². The van der Waals surface area contributed by atoms with E-state index in [1.165, 1.54) is 16.7 Å². The zero-order valence-electron chi connectivity index (χ0n) is 11.2. The van der Waals surface area contributed by atoms with Gasteiger partial charge in [-0.15, -0.1) is 0 Å². The van der Waals surface area contributed by atoms with E-state index in [2.05, 4.69) is 18.3 Å². The molecule has 2 nitrogen and oxygen atoms in total. The lowest BCUT2D eigenvalue weighted by Gasteiger charge is -2.18. The fourth-order valence-electron chi connectivity index (χ4n) is 2.34. The molecule has 0 spiro atoms. The average molecular weight is 264 g/mol. The Morgan fingerprint density at radius 2 is 1.83 bits per heavy atom. The van der Waals surface area contributed by atoms with Crippen LogP contribution in [-0.4, -0.2) is 7.05 Å². The molecular formula is C15H18ClNO. The minimum Gasteiger partial charge on any atom is -0.466 e. The molecule has 1 atom stereocenters. The van der Waals surface area contributed by atoms with Crippen molar-refractivity contribution >= 4 is 11.6 Å². The summed E-state index contributed by atoms with van der Waals surface area (Å²) in [5.41, 5.74) is 3.58. The molecule has 0 radical (unpaired) electrons. The topological polar surface area (TPSA) is 25.2 Å². The number of aryl methyl sites for hydroxylation is 3. The highest BCUT2D eigenvalue weighted by molar-refractivity contribution is 6.30. The van der Waals surface area contributed by atoms with E-state index in [1.54, 1.807) is 0 Å². The molecule has 1 unspecified atom stereocenters. The molecular weight excluding hydrogens is 246 g/mol. The Morgan fingerprint density at radius 3 is 2.39 bits per heavy atom. The smallest absolute Gasteiger partial charge is 0.106 e. The van der Waals surface area contributed by atoms with Crippen LogP contribution in [0.3, 0.4) is 0 Å². The van der Waals surface area contributed by atoms with Crippen molar-refractivity contribution in [1.82, 2.24) is 5.32 Å². The quantitative estimate of drug-likeness (QED) is 0.899. The van der Waals surface area contributed by atoms with E-state index in [4.69, 9.17) is 16.0 Å². The van der Waals surface area contributed by atoms with Gasteiger partial charge in [0.25, 0.3) is 0 Å². The SMILES string of the molecule is CNC(c1cc(Cl)ccc1C)c1cc(C)oc1C. The van der Waals surface area contributed by atoms with Gasteiger partial charge in [0.15, 0.2) is 0 Å². The number of hydrogen-bond acceptors (Lipinski definition) is 2. The Labute approximate surface area is 113 Å². The lowest BCUT2D eigenvalue weighted by molar-refractivity contribution is 0.497. The number of benzene rings is 1. The number of rotatable bonds is 3. The van der Waals surface area contributed by atoms with Gasteiger partial charge in [0.05, 0.1) is 6.04 Å². The van der Waals surface area contributed by atoms with Crippen LogP contribution in [-0.2, 0) is 0 Å². The molecule has 2 rings (SSSR count). The largest absolute Gasteiger partial charge is 0.466 e. The first kappa shape index (κ1) is 13.2. The highest BCUT2D eigenvalue weighted by atomic mass is 35.5. The van der Waals surface area contributed by atoms with Gasteiger partial charge in [-0.25, -0.2) is 0 Å². The van der Waals surface area contributed by atoms with Crippen molar-refractivity contribution in [1.29, 1.82) is 0 Å². The minimum absolute atomic E-state index is 0.112. The van der Waals surface area contributed by atoms with E-state index >= 15 is 0 Å². The van der Waals surface area contributed by atoms with Gasteiger partial charge in [0.1, 0.15) is 11.5 Å². The molecule has 0 aliphatic rings. The lowest BCUT2D eigenvalue weighted by Crippen LogP contribution is -2.19. The molecule has 0 bridgehead atoms. The molecule has 0 amide bonds. The lowest BCUT2D eigenvalue weighted by atomic mass is 9.95. The Morgan fingerprint density at radius 1 is 1.11 bits per heavy atom. The van der Waals surface area contributed by atoms with Crippen LogP contribution in [0.25, 0.3) is 0 Å². The van der Waals surface area contributed by atoms with Crippen molar-refractivity contribution in [3.63, 3.8) is 0 Å². The first-order chi connectivity index (χ1) is 8.52. The molecule has 2 aromatic rings. The molecule has 1 aromatic heterocycles. The Kier molecular flexibility index (Phi) is 3.79. The fourth-order valence-corrected chi connectivity index (χ4v) is 2.52. The second-order valence-corrected chi connectivity index (χ2v) is 5.03. The third kappa shape index (κ3) is 2.45. The zero-order valence-corrected chi connectivity index (χ0v) is 11.9. The zero-order chi connectivity index (χ0) is 13.3. The second kappa shape index (κ2) is 5.17. The van der Waals surface area contributed by atoms with Crippen molar-refractivity contribution < 1.29 is 4.42 Å². The van der Waals surface area contributed by atoms with Gasteiger partial charge in [-0.1, -0.05) is 17.7 Å². The van der Waals surface area contributed by atoms with E-state index in [0.29, 0.717) is 0 Å². The summed E-state index contributed by atoms with van der Waals surface area (Å²) < 4.78 is 5.62. The van der Waals surface area contributed by atoms with Gasteiger partial charge in [0.2, 0.25) is 0 Å². The monoisotopic (exact) mass is 263 g/mol. The molecule has 0 aliphatic heterocycles. The Bertz CT molecular complexity index is 560. The summed E-state index contributed by atoms with van der Waals surface area (Å²) in [5, 5.41) is 4.10.